The lowest BCUT2D eigenvalue weighted by atomic mass is 10.2. The van der Waals surface area contributed by atoms with E-state index in [0.29, 0.717) is 0 Å². The second-order valence-corrected chi connectivity index (χ2v) is 3.01. The van der Waals surface area contributed by atoms with Gasteiger partial charge in [-0.2, -0.15) is 0 Å². The lowest BCUT2D eigenvalue weighted by molar-refractivity contribution is 1.36. The molecule has 0 radical (unpaired) electrons. The van der Waals surface area contributed by atoms with E-state index in [9.17, 15) is 0 Å². The van der Waals surface area contributed by atoms with Crippen molar-refractivity contribution in [2.45, 2.75) is 5.75 Å². The van der Waals surface area contributed by atoms with Crippen LogP contribution in [-0.2, 0) is 5.75 Å². The average molecular weight is 149 g/mol. The van der Waals surface area contributed by atoms with Crippen molar-refractivity contribution in [2.75, 3.05) is 0 Å². The summed E-state index contributed by atoms with van der Waals surface area (Å²) in [5.41, 5.74) is 4.37. The third kappa shape index (κ3) is 0.948. The van der Waals surface area contributed by atoms with Crippen LogP contribution in [0.2, 0.25) is 0 Å². The van der Waals surface area contributed by atoms with Gasteiger partial charge in [-0.15, -0.1) is 11.8 Å². The minimum atomic E-state index is 1.07. The average Bonchev–Trinajstić information content (AvgIpc) is 2.05. The highest BCUT2D eigenvalue weighted by atomic mass is 32.2. The molecule has 0 amide bonds. The van der Waals surface area contributed by atoms with Crippen molar-refractivity contribution in [3.05, 3.63) is 29.8 Å². The van der Waals surface area contributed by atoms with Crippen LogP contribution in [0.25, 0.3) is 0 Å². The zero-order valence-corrected chi connectivity index (χ0v) is 6.27. The summed E-state index contributed by atoms with van der Waals surface area (Å²) in [5, 5.41) is 0. The first kappa shape index (κ1) is 5.98. The van der Waals surface area contributed by atoms with Crippen LogP contribution in [0.5, 0.6) is 0 Å². The van der Waals surface area contributed by atoms with Gasteiger partial charge in [0, 0.05) is 5.75 Å². The fourth-order valence-corrected chi connectivity index (χ4v) is 1.67. The Hall–Kier alpha value is -0.760. The standard InChI is InChI=1S/C8H7NS/c1-2-4-8-7(3-1)5-10-6-9-8/h1-4,6H,5H2. The molecule has 0 saturated carbocycles. The van der Waals surface area contributed by atoms with E-state index in [4.69, 9.17) is 0 Å². The number of para-hydroxylation sites is 1. The number of rotatable bonds is 0. The molecule has 0 spiro atoms. The Morgan fingerprint density at radius 3 is 3.10 bits per heavy atom. The normalized spacial score (nSPS) is 14.8. The van der Waals surface area contributed by atoms with Crippen LogP contribution >= 0.6 is 11.8 Å². The van der Waals surface area contributed by atoms with Gasteiger partial charge < -0.3 is 0 Å². The monoisotopic (exact) mass is 149 g/mol. The molecule has 2 heteroatoms. The van der Waals surface area contributed by atoms with E-state index in [-0.39, 0.29) is 0 Å². The minimum absolute atomic E-state index is 1.07. The van der Waals surface area contributed by atoms with Gasteiger partial charge in [-0.1, -0.05) is 18.2 Å². The lowest BCUT2D eigenvalue weighted by Crippen LogP contribution is -1.85. The second-order valence-electron chi connectivity index (χ2n) is 2.17. The van der Waals surface area contributed by atoms with Crippen LogP contribution in [0.15, 0.2) is 29.3 Å². The number of nitrogens with zero attached hydrogens (tertiary/aromatic N) is 1. The number of hydrogen-bond acceptors (Lipinski definition) is 2. The Balaban J connectivity index is 2.54. The molecule has 10 heavy (non-hydrogen) atoms. The van der Waals surface area contributed by atoms with Crippen LogP contribution in [0.1, 0.15) is 5.56 Å². The molecule has 1 aliphatic heterocycles. The highest BCUT2D eigenvalue weighted by Gasteiger charge is 2.02. The summed E-state index contributed by atoms with van der Waals surface area (Å²) in [5.74, 6) is 1.07. The predicted octanol–water partition coefficient (Wildman–Crippen LogP) is 2.59. The third-order valence-electron chi connectivity index (χ3n) is 1.50. The van der Waals surface area contributed by atoms with Crippen LogP contribution in [0, 0.1) is 0 Å². The largest absolute Gasteiger partial charge is 0.250 e. The number of fused-ring (bicyclic) bond motifs is 1. The number of hydrogen-bond donors (Lipinski definition) is 0. The van der Waals surface area contributed by atoms with E-state index >= 15 is 0 Å². The molecule has 0 saturated heterocycles. The Bertz CT molecular complexity index is 268. The van der Waals surface area contributed by atoms with Crippen molar-refractivity contribution in [1.82, 2.24) is 0 Å². The Kier molecular flexibility index (Phi) is 1.47. The smallest absolute Gasteiger partial charge is 0.0676 e. The fraction of sp³-hybridized carbons (Fsp3) is 0.125. The van der Waals surface area contributed by atoms with E-state index < -0.39 is 0 Å². The second kappa shape index (κ2) is 2.46. The molecule has 1 aliphatic rings. The Labute approximate surface area is 64.2 Å². The molecule has 1 aromatic rings. The molecule has 0 fully saturated rings. The first-order valence-corrected chi connectivity index (χ1v) is 4.24. The molecule has 0 aliphatic carbocycles. The van der Waals surface area contributed by atoms with Gasteiger partial charge in [0.1, 0.15) is 0 Å². The fourth-order valence-electron chi connectivity index (χ4n) is 0.980. The molecule has 50 valence electrons. The molecular formula is C8H7NS. The maximum atomic E-state index is 4.23. The molecule has 1 heterocycles. The summed E-state index contributed by atoms with van der Waals surface area (Å²) in [4.78, 5) is 4.23. The summed E-state index contributed by atoms with van der Waals surface area (Å²) in [6.07, 6.45) is 0. The quantitative estimate of drug-likeness (QED) is 0.552. The molecule has 1 nitrogen and oxygen atoms in total. The van der Waals surface area contributed by atoms with Gasteiger partial charge in [-0.05, 0) is 11.6 Å². The summed E-state index contributed by atoms with van der Waals surface area (Å²) in [7, 11) is 0. The molecule has 0 aromatic heterocycles. The van der Waals surface area contributed by atoms with Gasteiger partial charge in [0.05, 0.1) is 11.2 Å². The van der Waals surface area contributed by atoms with Crippen molar-refractivity contribution in [3.8, 4) is 0 Å². The van der Waals surface area contributed by atoms with E-state index in [0.717, 1.165) is 11.4 Å². The minimum Gasteiger partial charge on any atom is -0.250 e. The molecule has 0 N–H and O–H groups in total. The van der Waals surface area contributed by atoms with Crippen LogP contribution in [0.4, 0.5) is 5.69 Å². The van der Waals surface area contributed by atoms with E-state index in [1.165, 1.54) is 5.56 Å². The first-order chi connectivity index (χ1) is 4.97. The van der Waals surface area contributed by atoms with Crippen LogP contribution in [-0.4, -0.2) is 5.55 Å². The highest BCUT2D eigenvalue weighted by molar-refractivity contribution is 8.11. The van der Waals surface area contributed by atoms with Gasteiger partial charge in [0.25, 0.3) is 0 Å². The van der Waals surface area contributed by atoms with E-state index in [1.807, 2.05) is 17.7 Å². The van der Waals surface area contributed by atoms with Gasteiger partial charge >= 0.3 is 0 Å². The molecule has 0 bridgehead atoms. The van der Waals surface area contributed by atoms with Crippen molar-refractivity contribution in [3.63, 3.8) is 0 Å². The van der Waals surface area contributed by atoms with Crippen molar-refractivity contribution in [2.24, 2.45) is 4.99 Å². The van der Waals surface area contributed by atoms with Crippen molar-refractivity contribution < 1.29 is 0 Å². The molecular weight excluding hydrogens is 142 g/mol. The maximum Gasteiger partial charge on any atom is 0.0676 e. The van der Waals surface area contributed by atoms with Crippen molar-refractivity contribution >= 4 is 23.0 Å². The molecule has 0 atom stereocenters. The summed E-state index contributed by atoms with van der Waals surface area (Å²) < 4.78 is 0. The zero-order valence-electron chi connectivity index (χ0n) is 5.45. The van der Waals surface area contributed by atoms with E-state index in [2.05, 4.69) is 17.1 Å². The van der Waals surface area contributed by atoms with E-state index in [1.54, 1.807) is 11.8 Å². The molecule has 2 rings (SSSR count). The molecule has 1 aromatic carbocycles. The number of benzene rings is 1. The summed E-state index contributed by atoms with van der Waals surface area (Å²) >= 11 is 1.75. The topological polar surface area (TPSA) is 12.4 Å². The van der Waals surface area contributed by atoms with Crippen molar-refractivity contribution in [1.29, 1.82) is 0 Å². The lowest BCUT2D eigenvalue weighted by Gasteiger charge is -2.06. The van der Waals surface area contributed by atoms with Gasteiger partial charge in [-0.25, -0.2) is 4.99 Å². The summed E-state index contributed by atoms with van der Waals surface area (Å²) in [6.45, 7) is 0. The highest BCUT2D eigenvalue weighted by Crippen LogP contribution is 2.26. The van der Waals surface area contributed by atoms with Crippen LogP contribution in [0.3, 0.4) is 0 Å². The first-order valence-electron chi connectivity index (χ1n) is 3.19. The van der Waals surface area contributed by atoms with Crippen LogP contribution < -0.4 is 0 Å². The number of aliphatic imine (C=N–C) groups is 1. The third-order valence-corrected chi connectivity index (χ3v) is 2.23. The number of thioether (sulfide) groups is 1. The predicted molar refractivity (Wildman–Crippen MR) is 45.9 cm³/mol. The SMILES string of the molecule is C1=Nc2ccccc2CS1. The Morgan fingerprint density at radius 2 is 2.20 bits per heavy atom. The van der Waals surface area contributed by atoms with Gasteiger partial charge in [-0.3, -0.25) is 0 Å². The van der Waals surface area contributed by atoms with Gasteiger partial charge in [0.2, 0.25) is 0 Å². The Morgan fingerprint density at radius 1 is 1.30 bits per heavy atom. The maximum absolute atomic E-state index is 4.23. The molecule has 0 unspecified atom stereocenters. The summed E-state index contributed by atoms with van der Waals surface area (Å²) in [6, 6.07) is 8.25. The van der Waals surface area contributed by atoms with Gasteiger partial charge in [0.15, 0.2) is 0 Å². The zero-order chi connectivity index (χ0) is 6.81.